The smallest absolute Gasteiger partial charge is 0.267 e. The van der Waals surface area contributed by atoms with Crippen LogP contribution in [-0.2, 0) is 4.79 Å². The highest BCUT2D eigenvalue weighted by molar-refractivity contribution is 8.00. The van der Waals surface area contributed by atoms with Crippen molar-refractivity contribution in [3.05, 3.63) is 35.4 Å². The van der Waals surface area contributed by atoms with Crippen molar-refractivity contribution in [2.75, 3.05) is 12.9 Å². The number of nitrogens with one attached hydrogen (secondary N) is 2. The Kier molecular flexibility index (Phi) is 8.16. The molecule has 29 heavy (non-hydrogen) atoms. The maximum Gasteiger partial charge on any atom is 0.267 e. The molecule has 0 saturated heterocycles. The zero-order valence-corrected chi connectivity index (χ0v) is 17.6. The number of hydroxylamine groups is 1. The van der Waals surface area contributed by atoms with Gasteiger partial charge in [-0.3, -0.25) is 14.8 Å². The SMILES string of the molecule is CSC(C)(C)[C@H](NC(=O)c1ccc(C#CC#CC2CC(CO)C2)cc1)C(=O)NO. The zero-order valence-electron chi connectivity index (χ0n) is 16.8. The van der Waals surface area contributed by atoms with Crippen molar-refractivity contribution in [3.63, 3.8) is 0 Å². The minimum atomic E-state index is -0.901. The first kappa shape index (κ1) is 22.8. The van der Waals surface area contributed by atoms with E-state index >= 15 is 0 Å². The first-order chi connectivity index (χ1) is 13.8. The number of hydrogen-bond donors (Lipinski definition) is 4. The number of aliphatic hydroxyl groups excluding tert-OH is 1. The lowest BCUT2D eigenvalue weighted by Crippen LogP contribution is -2.55. The van der Waals surface area contributed by atoms with Crippen LogP contribution in [-0.4, -0.2) is 45.8 Å². The molecule has 7 heteroatoms. The summed E-state index contributed by atoms with van der Waals surface area (Å²) in [5.74, 6) is 11.3. The molecule has 2 rings (SSSR count). The van der Waals surface area contributed by atoms with Gasteiger partial charge in [-0.2, -0.15) is 11.8 Å². The summed E-state index contributed by atoms with van der Waals surface area (Å²) in [7, 11) is 0. The molecule has 0 aromatic heterocycles. The Labute approximate surface area is 175 Å². The number of amides is 2. The molecule has 1 aromatic rings. The average Bonchev–Trinajstić information content (AvgIpc) is 2.70. The Morgan fingerprint density at radius 1 is 1.24 bits per heavy atom. The van der Waals surface area contributed by atoms with E-state index < -0.39 is 22.6 Å². The monoisotopic (exact) mass is 414 g/mol. The van der Waals surface area contributed by atoms with E-state index in [0.29, 0.717) is 17.4 Å². The largest absolute Gasteiger partial charge is 0.396 e. The molecular formula is C22H26N2O4S. The third-order valence-electron chi connectivity index (χ3n) is 5.06. The van der Waals surface area contributed by atoms with Crippen LogP contribution in [0, 0.1) is 35.5 Å². The molecule has 0 unspecified atom stereocenters. The van der Waals surface area contributed by atoms with E-state index in [-0.39, 0.29) is 6.61 Å². The second-order valence-electron chi connectivity index (χ2n) is 7.50. The van der Waals surface area contributed by atoms with Crippen LogP contribution in [0.15, 0.2) is 24.3 Å². The molecule has 0 radical (unpaired) electrons. The molecule has 0 spiro atoms. The van der Waals surface area contributed by atoms with Crippen LogP contribution < -0.4 is 10.8 Å². The van der Waals surface area contributed by atoms with Crippen LogP contribution >= 0.6 is 11.8 Å². The molecule has 1 aliphatic carbocycles. The van der Waals surface area contributed by atoms with E-state index in [1.165, 1.54) is 11.8 Å². The molecular weight excluding hydrogens is 388 g/mol. The maximum atomic E-state index is 12.5. The zero-order chi connectivity index (χ0) is 21.4. The van der Waals surface area contributed by atoms with Gasteiger partial charge in [-0.15, -0.1) is 0 Å². The number of rotatable bonds is 6. The maximum absolute atomic E-state index is 12.5. The lowest BCUT2D eigenvalue weighted by atomic mass is 9.76. The third-order valence-corrected chi connectivity index (χ3v) is 6.34. The number of hydrogen-bond acceptors (Lipinski definition) is 5. The fourth-order valence-electron chi connectivity index (χ4n) is 2.90. The summed E-state index contributed by atoms with van der Waals surface area (Å²) in [4.78, 5) is 24.5. The first-order valence-corrected chi connectivity index (χ1v) is 10.6. The van der Waals surface area contributed by atoms with Gasteiger partial charge in [0, 0.05) is 28.4 Å². The molecule has 4 N–H and O–H groups in total. The normalized spacial score (nSPS) is 18.8. The third kappa shape index (κ3) is 6.27. The fourth-order valence-corrected chi connectivity index (χ4v) is 3.30. The predicted molar refractivity (Wildman–Crippen MR) is 113 cm³/mol. The highest BCUT2D eigenvalue weighted by Crippen LogP contribution is 2.32. The van der Waals surface area contributed by atoms with E-state index in [1.54, 1.807) is 29.7 Å². The van der Waals surface area contributed by atoms with Gasteiger partial charge in [-0.05, 0) is 75.0 Å². The molecule has 2 amide bonds. The second-order valence-corrected chi connectivity index (χ2v) is 8.96. The van der Waals surface area contributed by atoms with Crippen molar-refractivity contribution >= 4 is 23.6 Å². The van der Waals surface area contributed by atoms with E-state index in [9.17, 15) is 9.59 Å². The van der Waals surface area contributed by atoms with Crippen molar-refractivity contribution in [2.24, 2.45) is 11.8 Å². The number of benzene rings is 1. The summed E-state index contributed by atoms with van der Waals surface area (Å²) < 4.78 is -0.607. The molecule has 1 atom stereocenters. The lowest BCUT2D eigenvalue weighted by Gasteiger charge is -2.31. The fraction of sp³-hybridized carbons (Fsp3) is 0.455. The molecule has 1 saturated carbocycles. The molecule has 0 heterocycles. The van der Waals surface area contributed by atoms with Crippen molar-refractivity contribution in [1.82, 2.24) is 10.8 Å². The average molecular weight is 415 g/mol. The van der Waals surface area contributed by atoms with Crippen molar-refractivity contribution < 1.29 is 19.9 Å². The van der Waals surface area contributed by atoms with Gasteiger partial charge < -0.3 is 10.4 Å². The number of aliphatic hydroxyl groups is 1. The molecule has 1 aliphatic rings. The van der Waals surface area contributed by atoms with E-state index in [0.717, 1.165) is 18.4 Å². The van der Waals surface area contributed by atoms with Crippen LogP contribution in [0.1, 0.15) is 42.6 Å². The molecule has 6 nitrogen and oxygen atoms in total. The van der Waals surface area contributed by atoms with Gasteiger partial charge in [0.1, 0.15) is 6.04 Å². The van der Waals surface area contributed by atoms with Crippen LogP contribution in [0.5, 0.6) is 0 Å². The summed E-state index contributed by atoms with van der Waals surface area (Å²) in [6, 6.07) is 5.79. The number of carbonyl (C=O) groups excluding carboxylic acids is 2. The molecule has 0 bridgehead atoms. The highest BCUT2D eigenvalue weighted by Gasteiger charge is 2.36. The Balaban J connectivity index is 1.99. The molecule has 1 fully saturated rings. The predicted octanol–water partition coefficient (Wildman–Crippen LogP) is 1.81. The number of carbonyl (C=O) groups is 2. The van der Waals surface area contributed by atoms with Crippen molar-refractivity contribution in [2.45, 2.75) is 37.5 Å². The standard InChI is InChI=1S/C22H26N2O4S/c1-22(2,29-3)19(21(27)24-28)23-20(26)18-10-8-15(9-11-18)6-4-5-7-16-12-17(13-16)14-25/h8-11,16-17,19,25,28H,12-14H2,1-3H3,(H,23,26)(H,24,27)/t16?,17?,19-/m1/s1. The molecule has 1 aromatic carbocycles. The van der Waals surface area contributed by atoms with Crippen LogP contribution in [0.4, 0.5) is 0 Å². The molecule has 0 aliphatic heterocycles. The topological polar surface area (TPSA) is 98.7 Å². The Hall–Kier alpha value is -2.45. The summed E-state index contributed by atoms with van der Waals surface area (Å²) in [5.41, 5.74) is 2.73. The molecule has 154 valence electrons. The lowest BCUT2D eigenvalue weighted by molar-refractivity contribution is -0.131. The van der Waals surface area contributed by atoms with Crippen molar-refractivity contribution in [1.29, 1.82) is 0 Å². The van der Waals surface area contributed by atoms with Gasteiger partial charge in [-0.25, -0.2) is 5.48 Å². The minimum Gasteiger partial charge on any atom is -0.396 e. The van der Waals surface area contributed by atoms with E-state index in [4.69, 9.17) is 10.3 Å². The van der Waals surface area contributed by atoms with Gasteiger partial charge in [0.05, 0.1) is 0 Å². The summed E-state index contributed by atoms with van der Waals surface area (Å²) in [6.45, 7) is 3.85. The van der Waals surface area contributed by atoms with Gasteiger partial charge in [0.25, 0.3) is 11.8 Å². The second kappa shape index (κ2) is 10.4. The summed E-state index contributed by atoms with van der Waals surface area (Å²) in [5, 5.41) is 20.6. The van der Waals surface area contributed by atoms with Gasteiger partial charge in [0.2, 0.25) is 0 Å². The highest BCUT2D eigenvalue weighted by atomic mass is 32.2. The van der Waals surface area contributed by atoms with Gasteiger partial charge >= 0.3 is 0 Å². The summed E-state index contributed by atoms with van der Waals surface area (Å²) >= 11 is 1.41. The van der Waals surface area contributed by atoms with Crippen LogP contribution in [0.2, 0.25) is 0 Å². The van der Waals surface area contributed by atoms with Gasteiger partial charge in [-0.1, -0.05) is 11.8 Å². The minimum absolute atomic E-state index is 0.226. The quantitative estimate of drug-likeness (QED) is 0.323. The van der Waals surface area contributed by atoms with E-state index in [2.05, 4.69) is 29.0 Å². The van der Waals surface area contributed by atoms with Crippen molar-refractivity contribution in [3.8, 4) is 23.7 Å². The van der Waals surface area contributed by atoms with E-state index in [1.807, 2.05) is 20.1 Å². The van der Waals surface area contributed by atoms with Crippen LogP contribution in [0.25, 0.3) is 0 Å². The first-order valence-electron chi connectivity index (χ1n) is 9.33. The number of thioether (sulfide) groups is 1. The Morgan fingerprint density at radius 3 is 2.45 bits per heavy atom. The van der Waals surface area contributed by atoms with Crippen LogP contribution in [0.3, 0.4) is 0 Å². The summed E-state index contributed by atoms with van der Waals surface area (Å²) in [6.07, 6.45) is 3.69. The Bertz CT molecular complexity index is 853. The van der Waals surface area contributed by atoms with Gasteiger partial charge in [0.15, 0.2) is 0 Å². The Morgan fingerprint density at radius 2 is 1.90 bits per heavy atom.